The second kappa shape index (κ2) is 3.41. The number of nitrogens with two attached hydrogens (primary N) is 2. The van der Waals surface area contributed by atoms with Crippen LogP contribution in [-0.4, -0.2) is 25.7 Å². The van der Waals surface area contributed by atoms with Crippen LogP contribution < -0.4 is 22.1 Å². The minimum atomic E-state index is -0.464. The highest BCUT2D eigenvalue weighted by Crippen LogP contribution is 2.15. The maximum Gasteiger partial charge on any atom is 0.228 e. The highest BCUT2D eigenvalue weighted by molar-refractivity contribution is 6.23. The van der Waals surface area contributed by atoms with Crippen molar-refractivity contribution in [3.63, 3.8) is 0 Å². The molecule has 0 amide bonds. The molecule has 0 fully saturated rings. The van der Waals surface area contributed by atoms with Crippen molar-refractivity contribution in [3.05, 3.63) is 22.8 Å². The third-order valence-electron chi connectivity index (χ3n) is 1.98. The Morgan fingerprint density at radius 2 is 1.14 bits per heavy atom. The van der Waals surface area contributed by atoms with Crippen molar-refractivity contribution in [1.29, 1.82) is 0 Å². The number of Topliss-reactive ketones (excluding diaryl/α,β-unsaturated/α-hetero) is 2. The van der Waals surface area contributed by atoms with Crippen LogP contribution in [0.1, 0.15) is 0 Å². The zero-order valence-electron chi connectivity index (χ0n) is 7.97. The molecule has 1 aliphatic carbocycles. The number of likely N-dealkylation sites (N-methyl/N-ethyl adjacent to an activating group) is 2. The highest BCUT2D eigenvalue weighted by Gasteiger charge is 2.30. The summed E-state index contributed by atoms with van der Waals surface area (Å²) >= 11 is 0. The Morgan fingerprint density at radius 3 is 1.36 bits per heavy atom. The first-order valence-corrected chi connectivity index (χ1v) is 3.99. The third-order valence-corrected chi connectivity index (χ3v) is 1.98. The molecule has 0 aromatic rings. The van der Waals surface area contributed by atoms with E-state index < -0.39 is 11.6 Å². The summed E-state index contributed by atoms with van der Waals surface area (Å²) in [5.41, 5.74) is 10.8. The van der Waals surface area contributed by atoms with Crippen LogP contribution in [0, 0.1) is 0 Å². The molecule has 0 heterocycles. The molecular weight excluding hydrogens is 184 g/mol. The lowest BCUT2D eigenvalue weighted by Gasteiger charge is -2.18. The van der Waals surface area contributed by atoms with Crippen LogP contribution in [0.3, 0.4) is 0 Å². The van der Waals surface area contributed by atoms with Crippen LogP contribution in [0.5, 0.6) is 0 Å². The van der Waals surface area contributed by atoms with Crippen LogP contribution in [0.4, 0.5) is 0 Å². The van der Waals surface area contributed by atoms with E-state index in [-0.39, 0.29) is 22.8 Å². The lowest BCUT2D eigenvalue weighted by atomic mass is 10.0. The molecule has 0 unspecified atom stereocenters. The van der Waals surface area contributed by atoms with E-state index in [2.05, 4.69) is 10.6 Å². The molecule has 0 aromatic carbocycles. The molecule has 14 heavy (non-hydrogen) atoms. The van der Waals surface area contributed by atoms with Crippen LogP contribution in [0.25, 0.3) is 0 Å². The van der Waals surface area contributed by atoms with Gasteiger partial charge >= 0.3 is 0 Å². The van der Waals surface area contributed by atoms with Crippen molar-refractivity contribution in [2.75, 3.05) is 14.1 Å². The summed E-state index contributed by atoms with van der Waals surface area (Å²) in [5, 5.41) is 5.10. The fourth-order valence-electron chi connectivity index (χ4n) is 1.24. The minimum absolute atomic E-state index is 0.0477. The van der Waals surface area contributed by atoms with Gasteiger partial charge < -0.3 is 22.1 Å². The van der Waals surface area contributed by atoms with Crippen LogP contribution in [-0.2, 0) is 9.59 Å². The Kier molecular flexibility index (Phi) is 2.46. The normalized spacial score (nSPS) is 17.6. The Morgan fingerprint density at radius 1 is 0.857 bits per heavy atom. The van der Waals surface area contributed by atoms with E-state index in [1.807, 2.05) is 0 Å². The number of ketones is 2. The Bertz CT molecular complexity index is 332. The first-order valence-electron chi connectivity index (χ1n) is 3.99. The number of hydrogen-bond donors (Lipinski definition) is 4. The molecule has 0 saturated carbocycles. The maximum absolute atomic E-state index is 11.5. The van der Waals surface area contributed by atoms with Gasteiger partial charge in [-0.25, -0.2) is 0 Å². The van der Waals surface area contributed by atoms with Crippen LogP contribution in [0.15, 0.2) is 22.8 Å². The van der Waals surface area contributed by atoms with E-state index in [0.29, 0.717) is 0 Å². The van der Waals surface area contributed by atoms with Crippen molar-refractivity contribution >= 4 is 11.6 Å². The molecule has 76 valence electrons. The molecule has 1 aliphatic rings. The smallest absolute Gasteiger partial charge is 0.228 e. The van der Waals surface area contributed by atoms with Gasteiger partial charge in [0.1, 0.15) is 22.8 Å². The molecule has 0 spiro atoms. The second-order valence-electron chi connectivity index (χ2n) is 2.74. The van der Waals surface area contributed by atoms with Crippen molar-refractivity contribution in [1.82, 2.24) is 10.6 Å². The van der Waals surface area contributed by atoms with Crippen LogP contribution >= 0.6 is 0 Å². The Hall–Kier alpha value is -1.98. The molecular formula is C8H12N4O2. The average molecular weight is 196 g/mol. The van der Waals surface area contributed by atoms with E-state index in [9.17, 15) is 9.59 Å². The zero-order valence-corrected chi connectivity index (χ0v) is 7.97. The molecule has 6 N–H and O–H groups in total. The molecule has 0 bridgehead atoms. The van der Waals surface area contributed by atoms with Crippen molar-refractivity contribution in [3.8, 4) is 0 Å². The molecule has 0 aliphatic heterocycles. The molecule has 1 rings (SSSR count). The molecule has 0 radical (unpaired) electrons. The van der Waals surface area contributed by atoms with Crippen LogP contribution in [0.2, 0.25) is 0 Å². The van der Waals surface area contributed by atoms with Crippen molar-refractivity contribution in [2.24, 2.45) is 11.5 Å². The van der Waals surface area contributed by atoms with Gasteiger partial charge in [-0.1, -0.05) is 0 Å². The number of hydrogen-bond acceptors (Lipinski definition) is 6. The zero-order chi connectivity index (χ0) is 10.9. The standard InChI is InChI=1S/C8H12N4O2/c1-11-5-3(9)8(14)6(12-2)4(10)7(5)13/h11-12H,9-10H2,1-2H3. The van der Waals surface area contributed by atoms with Gasteiger partial charge in [-0.2, -0.15) is 0 Å². The third kappa shape index (κ3) is 1.20. The first-order chi connectivity index (χ1) is 6.54. The quantitative estimate of drug-likeness (QED) is 0.377. The van der Waals surface area contributed by atoms with E-state index in [0.717, 1.165) is 0 Å². The lowest BCUT2D eigenvalue weighted by molar-refractivity contribution is -0.117. The van der Waals surface area contributed by atoms with Gasteiger partial charge in [0, 0.05) is 14.1 Å². The Balaban J connectivity index is 3.28. The summed E-state index contributed by atoms with van der Waals surface area (Å²) in [6.07, 6.45) is 0. The molecule has 0 atom stereocenters. The summed E-state index contributed by atoms with van der Waals surface area (Å²) < 4.78 is 0. The predicted molar refractivity (Wildman–Crippen MR) is 50.6 cm³/mol. The van der Waals surface area contributed by atoms with E-state index >= 15 is 0 Å². The van der Waals surface area contributed by atoms with Gasteiger partial charge in [0.05, 0.1) is 0 Å². The van der Waals surface area contributed by atoms with Crippen molar-refractivity contribution in [2.45, 2.75) is 0 Å². The molecule has 0 saturated heterocycles. The van der Waals surface area contributed by atoms with Gasteiger partial charge in [-0.15, -0.1) is 0 Å². The number of rotatable bonds is 2. The highest BCUT2D eigenvalue weighted by atomic mass is 16.1. The number of carbonyl (C=O) groups is 2. The summed E-state index contributed by atoms with van der Waals surface area (Å²) in [7, 11) is 3.01. The van der Waals surface area contributed by atoms with Crippen molar-refractivity contribution < 1.29 is 9.59 Å². The first kappa shape index (κ1) is 10.1. The van der Waals surface area contributed by atoms with Gasteiger partial charge in [-0.3, -0.25) is 9.59 Å². The topological polar surface area (TPSA) is 110 Å². The summed E-state index contributed by atoms with van der Waals surface area (Å²) in [5.74, 6) is -0.928. The van der Waals surface area contributed by atoms with Gasteiger partial charge in [0.15, 0.2) is 0 Å². The molecule has 6 heteroatoms. The average Bonchev–Trinajstić information content (AvgIpc) is 2.17. The molecule has 6 nitrogen and oxygen atoms in total. The summed E-state index contributed by atoms with van der Waals surface area (Å²) in [6.45, 7) is 0. The second-order valence-corrected chi connectivity index (χ2v) is 2.74. The molecule has 0 aromatic heterocycles. The number of nitrogens with one attached hydrogen (secondary N) is 2. The monoisotopic (exact) mass is 196 g/mol. The Labute approximate surface area is 81.0 Å². The van der Waals surface area contributed by atoms with Gasteiger partial charge in [-0.05, 0) is 0 Å². The van der Waals surface area contributed by atoms with E-state index in [4.69, 9.17) is 11.5 Å². The number of carbonyl (C=O) groups excluding carboxylic acids is 2. The van der Waals surface area contributed by atoms with E-state index in [1.165, 1.54) is 14.1 Å². The van der Waals surface area contributed by atoms with Gasteiger partial charge in [0.2, 0.25) is 11.6 Å². The summed E-state index contributed by atoms with van der Waals surface area (Å²) in [6, 6.07) is 0. The largest absolute Gasteiger partial charge is 0.394 e. The predicted octanol–water partition coefficient (Wildman–Crippen LogP) is -2.08. The lowest BCUT2D eigenvalue weighted by Crippen LogP contribution is -2.39. The summed E-state index contributed by atoms with van der Waals surface area (Å²) in [4.78, 5) is 23.0. The SMILES string of the molecule is CNC1=C(N)C(=O)C(NC)=C(N)C1=O. The maximum atomic E-state index is 11.5. The fourth-order valence-corrected chi connectivity index (χ4v) is 1.24. The van der Waals surface area contributed by atoms with E-state index in [1.54, 1.807) is 0 Å². The fraction of sp³-hybridized carbons (Fsp3) is 0.250. The van der Waals surface area contributed by atoms with Gasteiger partial charge in [0.25, 0.3) is 0 Å². The minimum Gasteiger partial charge on any atom is -0.394 e.